The van der Waals surface area contributed by atoms with Gasteiger partial charge in [0.2, 0.25) is 0 Å². The van der Waals surface area contributed by atoms with Crippen molar-refractivity contribution in [2.24, 2.45) is 0 Å². The Balaban J connectivity index is 1.98. The summed E-state index contributed by atoms with van der Waals surface area (Å²) in [6.07, 6.45) is -1.01. The van der Waals surface area contributed by atoms with Gasteiger partial charge in [0.25, 0.3) is 11.6 Å². The fourth-order valence-electron chi connectivity index (χ4n) is 2.06. The molecule has 1 unspecified atom stereocenters. The second kappa shape index (κ2) is 7.57. The largest absolute Gasteiger partial charge is 0.449 e. The van der Waals surface area contributed by atoms with Gasteiger partial charge in [-0.25, -0.2) is 4.79 Å². The normalized spacial score (nSPS) is 11.5. The van der Waals surface area contributed by atoms with E-state index < -0.39 is 22.9 Å². The van der Waals surface area contributed by atoms with Crippen LogP contribution >= 0.6 is 0 Å². The van der Waals surface area contributed by atoms with Crippen LogP contribution in [0.3, 0.4) is 0 Å². The van der Waals surface area contributed by atoms with E-state index in [0.29, 0.717) is 11.3 Å². The first kappa shape index (κ1) is 18.1. The van der Waals surface area contributed by atoms with Crippen molar-refractivity contribution in [2.45, 2.75) is 26.9 Å². The third kappa shape index (κ3) is 4.63. The molecule has 0 aliphatic heterocycles. The molecule has 2 aromatic carbocycles. The molecule has 7 heteroatoms. The molecule has 25 heavy (non-hydrogen) atoms. The van der Waals surface area contributed by atoms with Crippen LogP contribution in [0.1, 0.15) is 28.4 Å². The van der Waals surface area contributed by atoms with Crippen LogP contribution < -0.4 is 5.32 Å². The Morgan fingerprint density at radius 1 is 1.08 bits per heavy atom. The number of rotatable bonds is 5. The zero-order chi connectivity index (χ0) is 18.6. The SMILES string of the molecule is Cc1ccc(C(=O)OC(C)C(=O)Nc2ccc([N+](=O)[O-])cc2)cc1C. The summed E-state index contributed by atoms with van der Waals surface area (Å²) in [4.78, 5) is 34.3. The second-order valence-corrected chi connectivity index (χ2v) is 5.64. The van der Waals surface area contributed by atoms with Crippen LogP contribution in [0, 0.1) is 24.0 Å². The van der Waals surface area contributed by atoms with Gasteiger partial charge in [0.15, 0.2) is 6.10 Å². The summed E-state index contributed by atoms with van der Waals surface area (Å²) < 4.78 is 5.17. The molecule has 0 saturated carbocycles. The van der Waals surface area contributed by atoms with Gasteiger partial charge in [0, 0.05) is 17.8 Å². The molecule has 1 atom stereocenters. The summed E-state index contributed by atoms with van der Waals surface area (Å²) in [5, 5.41) is 13.2. The number of ether oxygens (including phenoxy) is 1. The van der Waals surface area contributed by atoms with Crippen LogP contribution in [-0.4, -0.2) is 22.9 Å². The maximum Gasteiger partial charge on any atom is 0.338 e. The topological polar surface area (TPSA) is 98.5 Å². The van der Waals surface area contributed by atoms with E-state index in [2.05, 4.69) is 5.32 Å². The zero-order valence-corrected chi connectivity index (χ0v) is 14.1. The van der Waals surface area contributed by atoms with Gasteiger partial charge in [-0.3, -0.25) is 14.9 Å². The average molecular weight is 342 g/mol. The highest BCUT2D eigenvalue weighted by Crippen LogP contribution is 2.16. The summed E-state index contributed by atoms with van der Waals surface area (Å²) in [6, 6.07) is 10.5. The standard InChI is InChI=1S/C18H18N2O5/c1-11-4-5-14(10-12(11)2)18(22)25-13(3)17(21)19-15-6-8-16(9-7-15)20(23)24/h4-10,13H,1-3H3,(H,19,21). The Kier molecular flexibility index (Phi) is 5.49. The smallest absolute Gasteiger partial charge is 0.338 e. The van der Waals surface area contributed by atoms with E-state index in [4.69, 9.17) is 4.74 Å². The molecule has 2 aromatic rings. The molecule has 0 aromatic heterocycles. The summed E-state index contributed by atoms with van der Waals surface area (Å²) in [7, 11) is 0. The first-order valence-electron chi connectivity index (χ1n) is 7.61. The molecule has 0 aliphatic carbocycles. The molecule has 0 radical (unpaired) electrons. The fraction of sp³-hybridized carbons (Fsp3) is 0.222. The van der Waals surface area contributed by atoms with E-state index in [-0.39, 0.29) is 5.69 Å². The zero-order valence-electron chi connectivity index (χ0n) is 14.1. The van der Waals surface area contributed by atoms with Gasteiger partial charge in [0.1, 0.15) is 0 Å². The first-order chi connectivity index (χ1) is 11.8. The molecule has 1 amide bonds. The summed E-state index contributed by atoms with van der Waals surface area (Å²) in [5.41, 5.74) is 2.69. The van der Waals surface area contributed by atoms with Crippen LogP contribution in [-0.2, 0) is 9.53 Å². The highest BCUT2D eigenvalue weighted by molar-refractivity contribution is 5.97. The van der Waals surface area contributed by atoms with E-state index >= 15 is 0 Å². The number of non-ortho nitro benzene ring substituents is 1. The third-order valence-corrected chi connectivity index (χ3v) is 3.74. The van der Waals surface area contributed by atoms with Gasteiger partial charge in [-0.1, -0.05) is 6.07 Å². The summed E-state index contributed by atoms with van der Waals surface area (Å²) in [5.74, 6) is -1.11. The highest BCUT2D eigenvalue weighted by atomic mass is 16.6. The number of amides is 1. The number of hydrogen-bond donors (Lipinski definition) is 1. The number of anilines is 1. The molecule has 0 bridgehead atoms. The maximum atomic E-state index is 12.1. The lowest BCUT2D eigenvalue weighted by molar-refractivity contribution is -0.384. The number of carbonyl (C=O) groups is 2. The number of hydrogen-bond acceptors (Lipinski definition) is 5. The monoisotopic (exact) mass is 342 g/mol. The van der Waals surface area contributed by atoms with Crippen molar-refractivity contribution in [3.8, 4) is 0 Å². The van der Waals surface area contributed by atoms with Gasteiger partial charge in [-0.15, -0.1) is 0 Å². The predicted octanol–water partition coefficient (Wildman–Crippen LogP) is 3.40. The predicted molar refractivity (Wildman–Crippen MR) is 92.5 cm³/mol. The van der Waals surface area contributed by atoms with E-state index in [1.807, 2.05) is 19.9 Å². The van der Waals surface area contributed by atoms with E-state index in [1.54, 1.807) is 12.1 Å². The minimum Gasteiger partial charge on any atom is -0.449 e. The van der Waals surface area contributed by atoms with Gasteiger partial charge < -0.3 is 10.1 Å². The lowest BCUT2D eigenvalue weighted by Gasteiger charge is -2.14. The van der Waals surface area contributed by atoms with Crippen LogP contribution in [0.2, 0.25) is 0 Å². The number of esters is 1. The number of nitro benzene ring substituents is 1. The molecule has 7 nitrogen and oxygen atoms in total. The quantitative estimate of drug-likeness (QED) is 0.510. The van der Waals surface area contributed by atoms with Crippen molar-refractivity contribution in [1.82, 2.24) is 0 Å². The first-order valence-corrected chi connectivity index (χ1v) is 7.61. The Hall–Kier alpha value is -3.22. The molecular weight excluding hydrogens is 324 g/mol. The Bertz CT molecular complexity index is 815. The minimum absolute atomic E-state index is 0.0767. The fourth-order valence-corrected chi connectivity index (χ4v) is 2.06. The summed E-state index contributed by atoms with van der Waals surface area (Å²) in [6.45, 7) is 5.28. The number of benzene rings is 2. The van der Waals surface area contributed by atoms with Crippen LogP contribution in [0.25, 0.3) is 0 Å². The highest BCUT2D eigenvalue weighted by Gasteiger charge is 2.19. The Labute approximate surface area is 144 Å². The van der Waals surface area contributed by atoms with Gasteiger partial charge >= 0.3 is 5.97 Å². The number of carbonyl (C=O) groups excluding carboxylic acids is 2. The van der Waals surface area contributed by atoms with Crippen LogP contribution in [0.5, 0.6) is 0 Å². The van der Waals surface area contributed by atoms with Crippen LogP contribution in [0.4, 0.5) is 11.4 Å². The van der Waals surface area contributed by atoms with E-state index in [0.717, 1.165) is 11.1 Å². The lowest BCUT2D eigenvalue weighted by Crippen LogP contribution is -2.30. The molecule has 130 valence electrons. The molecule has 0 aliphatic rings. The van der Waals surface area contributed by atoms with Crippen LogP contribution in [0.15, 0.2) is 42.5 Å². The van der Waals surface area contributed by atoms with Gasteiger partial charge in [0.05, 0.1) is 10.5 Å². The van der Waals surface area contributed by atoms with Gasteiger partial charge in [-0.05, 0) is 56.2 Å². The number of aryl methyl sites for hydroxylation is 2. The molecule has 0 fully saturated rings. The van der Waals surface area contributed by atoms with Gasteiger partial charge in [-0.2, -0.15) is 0 Å². The van der Waals surface area contributed by atoms with Crippen molar-refractivity contribution in [1.29, 1.82) is 0 Å². The Morgan fingerprint density at radius 2 is 1.72 bits per heavy atom. The van der Waals surface area contributed by atoms with E-state index in [1.165, 1.54) is 31.2 Å². The second-order valence-electron chi connectivity index (χ2n) is 5.64. The minimum atomic E-state index is -1.01. The van der Waals surface area contributed by atoms with Crippen molar-refractivity contribution in [3.63, 3.8) is 0 Å². The lowest BCUT2D eigenvalue weighted by atomic mass is 10.1. The molecule has 0 spiro atoms. The average Bonchev–Trinajstić information content (AvgIpc) is 2.57. The molecule has 0 saturated heterocycles. The molecule has 0 heterocycles. The van der Waals surface area contributed by atoms with Crippen molar-refractivity contribution in [2.75, 3.05) is 5.32 Å². The third-order valence-electron chi connectivity index (χ3n) is 3.74. The number of nitrogens with zero attached hydrogens (tertiary/aromatic N) is 1. The number of nitrogens with one attached hydrogen (secondary N) is 1. The maximum absolute atomic E-state index is 12.1. The van der Waals surface area contributed by atoms with Crippen molar-refractivity contribution < 1.29 is 19.2 Å². The Morgan fingerprint density at radius 3 is 2.28 bits per heavy atom. The summed E-state index contributed by atoms with van der Waals surface area (Å²) >= 11 is 0. The number of nitro groups is 1. The molecule has 2 rings (SSSR count). The van der Waals surface area contributed by atoms with E-state index in [9.17, 15) is 19.7 Å². The molecule has 1 N–H and O–H groups in total. The molecular formula is C18H18N2O5. The van der Waals surface area contributed by atoms with Crippen molar-refractivity contribution in [3.05, 3.63) is 69.3 Å². The van der Waals surface area contributed by atoms with Crippen molar-refractivity contribution >= 4 is 23.3 Å².